The van der Waals surface area contributed by atoms with E-state index in [0.29, 0.717) is 31.2 Å². The molecule has 176 valence electrons. The smallest absolute Gasteiger partial charge is 0.227 e. The Morgan fingerprint density at radius 2 is 1.88 bits per heavy atom. The largest absolute Gasteiger partial charge is 0.496 e. The van der Waals surface area contributed by atoms with Gasteiger partial charge < -0.3 is 15.0 Å². The number of ether oxygens (including phenoxy) is 1. The first-order valence-corrected chi connectivity index (χ1v) is 12.1. The minimum atomic E-state index is -0.420. The third-order valence-electron chi connectivity index (χ3n) is 7.12. The number of likely N-dealkylation sites (tertiary alicyclic amines) is 1. The van der Waals surface area contributed by atoms with Crippen LogP contribution in [-0.4, -0.2) is 49.5 Å². The summed E-state index contributed by atoms with van der Waals surface area (Å²) < 4.78 is 5.66. The molecule has 33 heavy (non-hydrogen) atoms. The van der Waals surface area contributed by atoms with Gasteiger partial charge in [-0.15, -0.1) is 0 Å². The van der Waals surface area contributed by atoms with Gasteiger partial charge >= 0.3 is 0 Å². The van der Waals surface area contributed by atoms with Crippen molar-refractivity contribution in [2.45, 2.75) is 51.6 Å². The zero-order valence-electron chi connectivity index (χ0n) is 19.9. The maximum absolute atomic E-state index is 13.6. The quantitative estimate of drug-likeness (QED) is 0.692. The van der Waals surface area contributed by atoms with E-state index in [9.17, 15) is 9.59 Å². The van der Waals surface area contributed by atoms with Crippen LogP contribution in [0.25, 0.3) is 0 Å². The van der Waals surface area contributed by atoms with E-state index in [4.69, 9.17) is 4.74 Å². The van der Waals surface area contributed by atoms with Crippen LogP contribution in [0.5, 0.6) is 5.75 Å². The molecule has 2 aliphatic rings. The summed E-state index contributed by atoms with van der Waals surface area (Å²) in [7, 11) is 1.63. The van der Waals surface area contributed by atoms with E-state index in [1.165, 1.54) is 6.42 Å². The van der Waals surface area contributed by atoms with Gasteiger partial charge in [-0.1, -0.05) is 42.8 Å². The number of hydrogen-bond donors (Lipinski definition) is 1. The summed E-state index contributed by atoms with van der Waals surface area (Å²) in [6, 6.07) is 15.6. The van der Waals surface area contributed by atoms with E-state index in [1.807, 2.05) is 55.5 Å². The Bertz CT molecular complexity index is 975. The van der Waals surface area contributed by atoms with Crippen LogP contribution in [-0.2, 0) is 9.59 Å². The molecule has 2 amide bonds. The molecular weight excluding hydrogens is 414 g/mol. The van der Waals surface area contributed by atoms with Crippen LogP contribution in [0.2, 0.25) is 0 Å². The Hall–Kier alpha value is -2.86. The molecule has 0 aromatic heterocycles. The lowest BCUT2D eigenvalue weighted by atomic mass is 9.82. The highest BCUT2D eigenvalue weighted by molar-refractivity contribution is 5.97. The molecule has 2 saturated heterocycles. The summed E-state index contributed by atoms with van der Waals surface area (Å²) in [5.74, 6) is 0.391. The second-order valence-corrected chi connectivity index (χ2v) is 9.10. The number of piperidine rings is 1. The third-order valence-corrected chi connectivity index (χ3v) is 7.12. The number of amides is 2. The summed E-state index contributed by atoms with van der Waals surface area (Å²) in [5, 5.41) is 3.23. The molecule has 2 fully saturated rings. The van der Waals surface area contributed by atoms with Crippen molar-refractivity contribution in [2.75, 3.05) is 31.6 Å². The number of aryl methyl sites for hydroxylation is 1. The average Bonchev–Trinajstić information content (AvgIpc) is 3.30. The fourth-order valence-corrected chi connectivity index (χ4v) is 5.34. The molecular formula is C27H35N3O3. The minimum Gasteiger partial charge on any atom is -0.496 e. The number of methoxy groups -OCH3 is 1. The first kappa shape index (κ1) is 23.3. The third kappa shape index (κ3) is 4.91. The van der Waals surface area contributed by atoms with Crippen LogP contribution < -0.4 is 15.0 Å². The first-order valence-electron chi connectivity index (χ1n) is 12.1. The van der Waals surface area contributed by atoms with Crippen molar-refractivity contribution < 1.29 is 14.3 Å². The molecule has 3 atom stereocenters. The Balaban J connectivity index is 1.66. The van der Waals surface area contributed by atoms with Crippen LogP contribution in [0, 0.1) is 12.8 Å². The van der Waals surface area contributed by atoms with Crippen LogP contribution in [0.1, 0.15) is 49.8 Å². The second-order valence-electron chi connectivity index (χ2n) is 9.10. The van der Waals surface area contributed by atoms with E-state index < -0.39 is 6.04 Å². The van der Waals surface area contributed by atoms with Crippen LogP contribution >= 0.6 is 0 Å². The van der Waals surface area contributed by atoms with Gasteiger partial charge in [0.15, 0.2) is 0 Å². The second kappa shape index (κ2) is 10.4. The predicted molar refractivity (Wildman–Crippen MR) is 130 cm³/mol. The zero-order chi connectivity index (χ0) is 23.4. The molecule has 6 heteroatoms. The van der Waals surface area contributed by atoms with Gasteiger partial charge in [0, 0.05) is 30.3 Å². The van der Waals surface area contributed by atoms with Gasteiger partial charge in [-0.3, -0.25) is 14.5 Å². The molecule has 0 saturated carbocycles. The van der Waals surface area contributed by atoms with Gasteiger partial charge in [0.25, 0.3) is 0 Å². The van der Waals surface area contributed by atoms with E-state index in [2.05, 4.69) is 17.1 Å². The minimum absolute atomic E-state index is 0.0125. The van der Waals surface area contributed by atoms with Gasteiger partial charge in [0.2, 0.25) is 11.8 Å². The number of carbonyl (C=O) groups is 2. The fraction of sp³-hybridized carbons (Fsp3) is 0.481. The monoisotopic (exact) mass is 449 g/mol. The van der Waals surface area contributed by atoms with E-state index in [0.717, 1.165) is 36.3 Å². The maximum atomic E-state index is 13.6. The zero-order valence-corrected chi connectivity index (χ0v) is 19.9. The molecule has 0 bridgehead atoms. The number of likely N-dealkylation sites (N-methyl/N-ethyl adjacent to an activating group) is 1. The Morgan fingerprint density at radius 3 is 2.61 bits per heavy atom. The number of benzene rings is 2. The maximum Gasteiger partial charge on any atom is 0.227 e. The lowest BCUT2D eigenvalue weighted by molar-refractivity contribution is -0.129. The van der Waals surface area contributed by atoms with Crippen molar-refractivity contribution in [2.24, 2.45) is 5.92 Å². The SMILES string of the molecule is CCN1CCCC1CNC(=O)C1CCC(=O)N(c2ccc(C)cc2)C1c1ccccc1OC. The number of nitrogens with zero attached hydrogens (tertiary/aromatic N) is 2. The highest BCUT2D eigenvalue weighted by atomic mass is 16.5. The summed E-state index contributed by atoms with van der Waals surface area (Å²) in [5.41, 5.74) is 2.81. The van der Waals surface area contributed by atoms with Crippen molar-refractivity contribution >= 4 is 17.5 Å². The predicted octanol–water partition coefficient (Wildman–Crippen LogP) is 4.09. The molecule has 0 aliphatic carbocycles. The molecule has 4 rings (SSSR count). The van der Waals surface area contributed by atoms with Gasteiger partial charge in [0.1, 0.15) is 5.75 Å². The number of anilines is 1. The lowest BCUT2D eigenvalue weighted by Crippen LogP contribution is -2.50. The van der Waals surface area contributed by atoms with Gasteiger partial charge in [-0.25, -0.2) is 0 Å². The van der Waals surface area contributed by atoms with Crippen molar-refractivity contribution in [1.29, 1.82) is 0 Å². The fourth-order valence-electron chi connectivity index (χ4n) is 5.34. The average molecular weight is 450 g/mol. The van der Waals surface area contributed by atoms with E-state index in [1.54, 1.807) is 12.0 Å². The summed E-state index contributed by atoms with van der Waals surface area (Å²) in [6.45, 7) is 6.95. The molecule has 1 N–H and O–H groups in total. The molecule has 2 aliphatic heterocycles. The van der Waals surface area contributed by atoms with E-state index >= 15 is 0 Å². The molecule has 2 aromatic carbocycles. The molecule has 6 nitrogen and oxygen atoms in total. The normalized spacial score (nSPS) is 23.5. The van der Waals surface area contributed by atoms with Gasteiger partial charge in [-0.2, -0.15) is 0 Å². The highest BCUT2D eigenvalue weighted by Crippen LogP contribution is 2.43. The first-order chi connectivity index (χ1) is 16.0. The molecule has 2 aromatic rings. The topological polar surface area (TPSA) is 61.9 Å². The molecule has 0 spiro atoms. The highest BCUT2D eigenvalue weighted by Gasteiger charge is 2.42. The van der Waals surface area contributed by atoms with Crippen LogP contribution in [0.4, 0.5) is 5.69 Å². The Morgan fingerprint density at radius 1 is 1.12 bits per heavy atom. The summed E-state index contributed by atoms with van der Waals surface area (Å²) in [4.78, 5) is 31.0. The standard InChI is InChI=1S/C27H35N3O3/c1-4-29-17-7-8-21(29)18-28-27(32)23-15-16-25(31)30(20-13-11-19(2)12-14-20)26(23)22-9-5-6-10-24(22)33-3/h5-6,9-14,21,23,26H,4,7-8,15-18H2,1-3H3,(H,28,32). The van der Waals surface area contributed by atoms with E-state index in [-0.39, 0.29) is 17.7 Å². The van der Waals surface area contributed by atoms with Crippen molar-refractivity contribution in [3.63, 3.8) is 0 Å². The Labute approximate surface area is 196 Å². The molecule has 0 radical (unpaired) electrons. The molecule has 2 heterocycles. The number of nitrogens with one attached hydrogen (secondary N) is 1. The Kier molecular flexibility index (Phi) is 7.33. The van der Waals surface area contributed by atoms with Crippen LogP contribution in [0.15, 0.2) is 48.5 Å². The van der Waals surface area contributed by atoms with Gasteiger partial charge in [0.05, 0.1) is 19.1 Å². The van der Waals surface area contributed by atoms with Gasteiger partial charge in [-0.05, 0) is 57.5 Å². The van der Waals surface area contributed by atoms with Crippen LogP contribution in [0.3, 0.4) is 0 Å². The molecule has 3 unspecified atom stereocenters. The van der Waals surface area contributed by atoms with Crippen molar-refractivity contribution in [3.05, 3.63) is 59.7 Å². The van der Waals surface area contributed by atoms with Crippen molar-refractivity contribution in [3.8, 4) is 5.75 Å². The number of carbonyl (C=O) groups excluding carboxylic acids is 2. The number of rotatable bonds is 7. The summed E-state index contributed by atoms with van der Waals surface area (Å²) in [6.07, 6.45) is 3.17. The summed E-state index contributed by atoms with van der Waals surface area (Å²) >= 11 is 0. The van der Waals surface area contributed by atoms with Crippen molar-refractivity contribution in [1.82, 2.24) is 10.2 Å². The number of hydrogen-bond acceptors (Lipinski definition) is 4. The number of para-hydroxylation sites is 1. The lowest BCUT2D eigenvalue weighted by Gasteiger charge is -2.41.